The predicted molar refractivity (Wildman–Crippen MR) is 123 cm³/mol. The van der Waals surface area contributed by atoms with E-state index in [4.69, 9.17) is 0 Å². The maximum atomic E-state index is 11.9. The van der Waals surface area contributed by atoms with Crippen molar-refractivity contribution in [2.75, 3.05) is 20.6 Å². The minimum Gasteiger partial charge on any atom is -0.356 e. The summed E-state index contributed by atoms with van der Waals surface area (Å²) in [6.07, 6.45) is 0.915. The molecular formula is C18H29IN6O2S. The zero-order valence-electron chi connectivity index (χ0n) is 16.7. The molecule has 2 aromatic rings. The van der Waals surface area contributed by atoms with Crippen molar-refractivity contribution in [1.29, 1.82) is 0 Å². The molecular weight excluding hydrogens is 491 g/mol. The second-order valence-electron chi connectivity index (χ2n) is 6.21. The molecule has 0 amide bonds. The summed E-state index contributed by atoms with van der Waals surface area (Å²) < 4.78 is 28.1. The molecule has 156 valence electrons. The first-order valence-electron chi connectivity index (χ1n) is 8.84. The molecule has 0 aliphatic heterocycles. The van der Waals surface area contributed by atoms with Crippen molar-refractivity contribution >= 4 is 40.0 Å². The quantitative estimate of drug-likeness (QED) is 0.213. The summed E-state index contributed by atoms with van der Waals surface area (Å²) >= 11 is 0. The number of halogens is 1. The van der Waals surface area contributed by atoms with Gasteiger partial charge < -0.3 is 10.6 Å². The lowest BCUT2D eigenvalue weighted by Crippen LogP contribution is -2.37. The van der Waals surface area contributed by atoms with Crippen molar-refractivity contribution in [2.24, 2.45) is 4.99 Å². The summed E-state index contributed by atoms with van der Waals surface area (Å²) in [4.78, 5) is 4.45. The Labute approximate surface area is 184 Å². The van der Waals surface area contributed by atoms with E-state index >= 15 is 0 Å². The van der Waals surface area contributed by atoms with Gasteiger partial charge in [-0.1, -0.05) is 12.1 Å². The highest BCUT2D eigenvalue weighted by atomic mass is 127. The van der Waals surface area contributed by atoms with Crippen molar-refractivity contribution < 1.29 is 8.42 Å². The van der Waals surface area contributed by atoms with E-state index in [9.17, 15) is 8.42 Å². The Bertz CT molecular complexity index is 895. The first-order chi connectivity index (χ1) is 12.9. The zero-order chi connectivity index (χ0) is 19.9. The Kier molecular flexibility index (Phi) is 9.90. The van der Waals surface area contributed by atoms with E-state index in [-0.39, 0.29) is 28.9 Å². The monoisotopic (exact) mass is 520 g/mol. The third kappa shape index (κ3) is 7.06. The summed E-state index contributed by atoms with van der Waals surface area (Å²) in [5.74, 6) is 0.672. The molecule has 0 aliphatic carbocycles. The van der Waals surface area contributed by atoms with Gasteiger partial charge >= 0.3 is 0 Å². The summed E-state index contributed by atoms with van der Waals surface area (Å²) in [5.41, 5.74) is 3.05. The standard InChI is InChI=1S/C18H28N6O2S.HI/c1-14-11-15(2)24(23-14)10-6-9-21-18(19-3)22-13-16-7-5-8-17(12-16)27(25,26)20-4;/h5,7-8,11-12,20H,6,9-10,13H2,1-4H3,(H2,19,21,22);1H. The number of aryl methyl sites for hydroxylation is 3. The van der Waals surface area contributed by atoms with Gasteiger partial charge in [0.2, 0.25) is 10.0 Å². The number of sulfonamides is 1. The molecule has 0 fully saturated rings. The fourth-order valence-corrected chi connectivity index (χ4v) is 3.48. The predicted octanol–water partition coefficient (Wildman–Crippen LogP) is 1.78. The van der Waals surface area contributed by atoms with Crippen LogP contribution in [0.2, 0.25) is 0 Å². The topological polar surface area (TPSA) is 100 Å². The van der Waals surface area contributed by atoms with Crippen LogP contribution in [0.5, 0.6) is 0 Å². The van der Waals surface area contributed by atoms with Crippen LogP contribution in [0.25, 0.3) is 0 Å². The Hall–Kier alpha value is -1.66. The van der Waals surface area contributed by atoms with Crippen LogP contribution >= 0.6 is 24.0 Å². The molecule has 28 heavy (non-hydrogen) atoms. The maximum absolute atomic E-state index is 11.9. The zero-order valence-corrected chi connectivity index (χ0v) is 19.8. The van der Waals surface area contributed by atoms with E-state index in [0.29, 0.717) is 12.5 Å². The molecule has 0 spiro atoms. The van der Waals surface area contributed by atoms with Crippen LogP contribution in [0.4, 0.5) is 0 Å². The van der Waals surface area contributed by atoms with Crippen molar-refractivity contribution in [1.82, 2.24) is 25.1 Å². The summed E-state index contributed by atoms with van der Waals surface area (Å²) in [7, 11) is -0.335. The minimum absolute atomic E-state index is 0. The highest BCUT2D eigenvalue weighted by Crippen LogP contribution is 2.10. The molecule has 0 unspecified atom stereocenters. The smallest absolute Gasteiger partial charge is 0.240 e. The van der Waals surface area contributed by atoms with E-state index in [1.54, 1.807) is 25.2 Å². The summed E-state index contributed by atoms with van der Waals surface area (Å²) in [5, 5.41) is 10.9. The maximum Gasteiger partial charge on any atom is 0.240 e. The molecule has 1 aromatic heterocycles. The van der Waals surface area contributed by atoms with Crippen LogP contribution in [0, 0.1) is 13.8 Å². The molecule has 0 radical (unpaired) electrons. The number of hydrogen-bond acceptors (Lipinski definition) is 4. The Morgan fingerprint density at radius 3 is 2.57 bits per heavy atom. The second-order valence-corrected chi connectivity index (χ2v) is 8.10. The molecule has 0 aliphatic rings. The van der Waals surface area contributed by atoms with E-state index in [1.807, 2.05) is 17.7 Å². The van der Waals surface area contributed by atoms with Crippen LogP contribution in [0.1, 0.15) is 23.4 Å². The number of benzene rings is 1. The number of nitrogens with zero attached hydrogens (tertiary/aromatic N) is 3. The minimum atomic E-state index is -3.44. The van der Waals surface area contributed by atoms with E-state index in [0.717, 1.165) is 36.5 Å². The van der Waals surface area contributed by atoms with Crippen molar-refractivity contribution in [2.45, 2.75) is 38.3 Å². The molecule has 1 heterocycles. The lowest BCUT2D eigenvalue weighted by Gasteiger charge is -2.13. The molecule has 0 saturated heterocycles. The number of rotatable bonds is 8. The van der Waals surface area contributed by atoms with Gasteiger partial charge in [-0.2, -0.15) is 5.10 Å². The lowest BCUT2D eigenvalue weighted by atomic mass is 10.2. The third-order valence-corrected chi connectivity index (χ3v) is 5.52. The van der Waals surface area contributed by atoms with Gasteiger partial charge in [0.05, 0.1) is 10.6 Å². The van der Waals surface area contributed by atoms with Crippen LogP contribution < -0.4 is 15.4 Å². The van der Waals surface area contributed by atoms with Crippen LogP contribution in [0.3, 0.4) is 0 Å². The van der Waals surface area contributed by atoms with Crippen molar-refractivity contribution in [3.63, 3.8) is 0 Å². The van der Waals surface area contributed by atoms with Gasteiger partial charge in [-0.25, -0.2) is 13.1 Å². The number of aromatic nitrogens is 2. The molecule has 0 saturated carbocycles. The first-order valence-corrected chi connectivity index (χ1v) is 10.3. The second kappa shape index (κ2) is 11.4. The summed E-state index contributed by atoms with van der Waals surface area (Å²) in [6.45, 7) is 6.12. The fraction of sp³-hybridized carbons (Fsp3) is 0.444. The molecule has 3 N–H and O–H groups in total. The molecule has 0 bridgehead atoms. The number of nitrogens with one attached hydrogen (secondary N) is 3. The van der Waals surface area contributed by atoms with E-state index < -0.39 is 10.0 Å². The van der Waals surface area contributed by atoms with Crippen molar-refractivity contribution in [3.05, 3.63) is 47.3 Å². The van der Waals surface area contributed by atoms with Crippen LogP contribution in [-0.4, -0.2) is 44.8 Å². The summed E-state index contributed by atoms with van der Waals surface area (Å²) in [6, 6.07) is 8.89. The largest absolute Gasteiger partial charge is 0.356 e. The van der Waals surface area contributed by atoms with Crippen LogP contribution in [0.15, 0.2) is 40.2 Å². The van der Waals surface area contributed by atoms with Gasteiger partial charge in [0, 0.05) is 32.4 Å². The molecule has 1 aromatic carbocycles. The van der Waals surface area contributed by atoms with Crippen molar-refractivity contribution in [3.8, 4) is 0 Å². The average molecular weight is 520 g/mol. The number of aliphatic imine (C=N–C) groups is 1. The molecule has 0 atom stereocenters. The van der Waals surface area contributed by atoms with E-state index in [1.165, 1.54) is 7.05 Å². The average Bonchev–Trinajstić information content (AvgIpc) is 2.98. The molecule has 2 rings (SSSR count). The Morgan fingerprint density at radius 1 is 1.21 bits per heavy atom. The molecule has 10 heteroatoms. The van der Waals surface area contributed by atoms with Gasteiger partial charge in [0.15, 0.2) is 5.96 Å². The lowest BCUT2D eigenvalue weighted by molar-refractivity contribution is 0.555. The molecule has 8 nitrogen and oxygen atoms in total. The highest BCUT2D eigenvalue weighted by Gasteiger charge is 2.11. The Balaban J connectivity index is 0.00000392. The van der Waals surface area contributed by atoms with E-state index in [2.05, 4.69) is 38.4 Å². The van der Waals surface area contributed by atoms with Gasteiger partial charge in [0.1, 0.15) is 0 Å². The highest BCUT2D eigenvalue weighted by molar-refractivity contribution is 14.0. The van der Waals surface area contributed by atoms with Crippen LogP contribution in [-0.2, 0) is 23.1 Å². The normalized spacial score (nSPS) is 11.8. The number of hydrogen-bond donors (Lipinski definition) is 3. The van der Waals surface area contributed by atoms with Gasteiger partial charge in [-0.3, -0.25) is 9.67 Å². The van der Waals surface area contributed by atoms with Gasteiger partial charge in [-0.05, 0) is 51.1 Å². The van der Waals surface area contributed by atoms with Gasteiger partial charge in [-0.15, -0.1) is 24.0 Å². The fourth-order valence-electron chi connectivity index (χ4n) is 2.68. The third-order valence-electron chi connectivity index (χ3n) is 4.10. The Morgan fingerprint density at radius 2 is 1.96 bits per heavy atom. The SMILES string of the molecule is CN=C(NCCCn1nc(C)cc1C)NCc1cccc(S(=O)(=O)NC)c1.I. The first kappa shape index (κ1) is 24.4. The van der Waals surface area contributed by atoms with Gasteiger partial charge in [0.25, 0.3) is 0 Å². The number of guanidine groups is 1.